The molecule has 0 radical (unpaired) electrons. The maximum Gasteiger partial charge on any atom is 0.330 e. The summed E-state index contributed by atoms with van der Waals surface area (Å²) in [5.74, 6) is 2.04. The number of carbonyl (C=O) groups excluding carboxylic acids is 2. The van der Waals surface area contributed by atoms with E-state index in [-0.39, 0.29) is 11.9 Å². The second kappa shape index (κ2) is 19.9. The van der Waals surface area contributed by atoms with Crippen LogP contribution in [0.3, 0.4) is 0 Å². The third-order valence-corrected chi connectivity index (χ3v) is 9.57. The largest absolute Gasteiger partial charge is 0.466 e. The fourth-order valence-corrected chi connectivity index (χ4v) is 6.83. The number of carbonyl (C=O) groups is 2. The van der Waals surface area contributed by atoms with E-state index in [4.69, 9.17) is 6.42 Å². The van der Waals surface area contributed by atoms with E-state index >= 15 is 0 Å². The number of likely N-dealkylation sites (tertiary alicyclic amines) is 2. The summed E-state index contributed by atoms with van der Waals surface area (Å²) in [6.07, 6.45) is 20.3. The van der Waals surface area contributed by atoms with Gasteiger partial charge in [0.05, 0.1) is 26.5 Å². The van der Waals surface area contributed by atoms with Crippen LogP contribution in [0.4, 0.5) is 0 Å². The Balaban J connectivity index is 0.000000217. The number of hydrogen-bond acceptors (Lipinski definition) is 8. The van der Waals surface area contributed by atoms with E-state index in [0.29, 0.717) is 12.1 Å². The van der Waals surface area contributed by atoms with Gasteiger partial charge in [0.1, 0.15) is 0 Å². The topological polar surface area (TPSA) is 89.8 Å². The minimum atomic E-state index is -0.341. The van der Waals surface area contributed by atoms with Crippen molar-refractivity contribution in [2.75, 3.05) is 40.4 Å². The second-order valence-corrected chi connectivity index (χ2v) is 13.0. The van der Waals surface area contributed by atoms with Crippen molar-refractivity contribution in [1.82, 2.24) is 24.8 Å². The summed E-state index contributed by atoms with van der Waals surface area (Å²) in [7, 11) is 2.76. The van der Waals surface area contributed by atoms with Gasteiger partial charge in [-0.05, 0) is 78.7 Å². The molecule has 270 valence electrons. The first kappa shape index (κ1) is 37.9. The van der Waals surface area contributed by atoms with E-state index in [1.807, 2.05) is 35.0 Å². The normalized spacial score (nSPS) is 17.6. The highest BCUT2D eigenvalue weighted by molar-refractivity contribution is 5.87. The molecule has 4 aromatic rings. The third kappa shape index (κ3) is 11.4. The molecule has 52 heavy (non-hydrogen) atoms. The van der Waals surface area contributed by atoms with Crippen LogP contribution < -0.4 is 0 Å². The molecule has 0 amide bonds. The minimum absolute atomic E-state index is 0.338. The zero-order valence-corrected chi connectivity index (χ0v) is 30.3. The predicted molar refractivity (Wildman–Crippen MR) is 205 cm³/mol. The Kier molecular flexibility index (Phi) is 14.5. The SMILES string of the molecule is C#CCCN1CCCC1c1ccc(/C=C/C(=O)OC)cc1.COC(=O)/C=C/c1ccc(C2CCCN2CCc2cn(Cc3ccccc3)nn2)cc1. The lowest BCUT2D eigenvalue weighted by Gasteiger charge is -2.24. The Morgan fingerprint density at radius 1 is 0.788 bits per heavy atom. The maximum absolute atomic E-state index is 11.3. The monoisotopic (exact) mass is 699 g/mol. The van der Waals surface area contributed by atoms with Crippen molar-refractivity contribution in [2.24, 2.45) is 0 Å². The number of esters is 2. The van der Waals surface area contributed by atoms with Crippen molar-refractivity contribution in [1.29, 1.82) is 0 Å². The highest BCUT2D eigenvalue weighted by Gasteiger charge is 2.26. The van der Waals surface area contributed by atoms with Crippen molar-refractivity contribution < 1.29 is 19.1 Å². The molecular weight excluding hydrogens is 651 g/mol. The van der Waals surface area contributed by atoms with Crippen LogP contribution >= 0.6 is 0 Å². The summed E-state index contributed by atoms with van der Waals surface area (Å²) in [6, 6.07) is 28.0. The molecule has 1 aromatic heterocycles. The van der Waals surface area contributed by atoms with Gasteiger partial charge in [0.2, 0.25) is 0 Å². The molecule has 0 N–H and O–H groups in total. The van der Waals surface area contributed by atoms with Crippen molar-refractivity contribution in [3.8, 4) is 12.3 Å². The van der Waals surface area contributed by atoms with Crippen LogP contribution in [-0.2, 0) is 32.0 Å². The smallest absolute Gasteiger partial charge is 0.330 e. The Hall–Kier alpha value is -5.30. The van der Waals surface area contributed by atoms with Gasteiger partial charge in [-0.15, -0.1) is 17.4 Å². The fraction of sp³-hybridized carbons (Fsp3) is 0.349. The first-order valence-corrected chi connectivity index (χ1v) is 18.0. The van der Waals surface area contributed by atoms with Gasteiger partial charge >= 0.3 is 11.9 Å². The molecule has 0 saturated carbocycles. The van der Waals surface area contributed by atoms with Crippen LogP contribution in [0.5, 0.6) is 0 Å². The van der Waals surface area contributed by atoms with Gasteiger partial charge in [0.15, 0.2) is 0 Å². The Labute approximate surface area is 307 Å². The number of ether oxygens (including phenoxy) is 2. The van der Waals surface area contributed by atoms with Crippen LogP contribution in [0.2, 0.25) is 0 Å². The highest BCUT2D eigenvalue weighted by atomic mass is 16.5. The predicted octanol–water partition coefficient (Wildman–Crippen LogP) is 6.93. The molecule has 2 aliphatic rings. The molecule has 3 heterocycles. The van der Waals surface area contributed by atoms with E-state index in [2.05, 4.69) is 90.2 Å². The van der Waals surface area contributed by atoms with E-state index in [1.165, 1.54) is 62.3 Å². The summed E-state index contributed by atoms with van der Waals surface area (Å²) in [5.41, 5.74) is 6.89. The number of aromatic nitrogens is 3. The molecule has 0 aliphatic carbocycles. The molecule has 2 aliphatic heterocycles. The summed E-state index contributed by atoms with van der Waals surface area (Å²) in [5, 5.41) is 8.65. The maximum atomic E-state index is 11.3. The fourth-order valence-electron chi connectivity index (χ4n) is 6.83. The zero-order chi connectivity index (χ0) is 36.5. The number of terminal acetylenes is 1. The molecule has 2 fully saturated rings. The third-order valence-electron chi connectivity index (χ3n) is 9.57. The van der Waals surface area contributed by atoms with Crippen molar-refractivity contribution in [3.63, 3.8) is 0 Å². The quantitative estimate of drug-likeness (QED) is 0.0844. The molecule has 2 atom stereocenters. The van der Waals surface area contributed by atoms with Crippen LogP contribution in [0, 0.1) is 12.3 Å². The molecule has 3 aromatic carbocycles. The summed E-state index contributed by atoms with van der Waals surface area (Å²) >= 11 is 0. The second-order valence-electron chi connectivity index (χ2n) is 13.0. The van der Waals surface area contributed by atoms with Crippen LogP contribution in [-0.4, -0.2) is 77.1 Å². The van der Waals surface area contributed by atoms with E-state index < -0.39 is 0 Å². The number of benzene rings is 3. The average molecular weight is 700 g/mol. The minimum Gasteiger partial charge on any atom is -0.466 e. The zero-order valence-electron chi connectivity index (χ0n) is 30.3. The summed E-state index contributed by atoms with van der Waals surface area (Å²) in [4.78, 5) is 27.3. The Bertz CT molecular complexity index is 1810. The molecule has 0 bridgehead atoms. The molecule has 2 saturated heterocycles. The highest BCUT2D eigenvalue weighted by Crippen LogP contribution is 2.33. The summed E-state index contributed by atoms with van der Waals surface area (Å²) < 4.78 is 11.1. The van der Waals surface area contributed by atoms with Crippen molar-refractivity contribution >= 4 is 24.1 Å². The lowest BCUT2D eigenvalue weighted by molar-refractivity contribution is -0.135. The molecule has 9 heteroatoms. The van der Waals surface area contributed by atoms with Crippen LogP contribution in [0.15, 0.2) is 97.2 Å². The molecule has 9 nitrogen and oxygen atoms in total. The molecule has 2 unspecified atom stereocenters. The van der Waals surface area contributed by atoms with Gasteiger partial charge < -0.3 is 9.47 Å². The lowest BCUT2D eigenvalue weighted by atomic mass is 10.0. The summed E-state index contributed by atoms with van der Waals surface area (Å²) in [6.45, 7) is 4.91. The molecular formula is C43H49N5O4. The Morgan fingerprint density at radius 3 is 1.85 bits per heavy atom. The van der Waals surface area contributed by atoms with E-state index in [9.17, 15) is 9.59 Å². The number of hydrogen-bond donors (Lipinski definition) is 0. The van der Waals surface area contributed by atoms with E-state index in [1.54, 1.807) is 12.2 Å². The number of methoxy groups -OCH3 is 2. The first-order valence-electron chi connectivity index (χ1n) is 18.0. The molecule has 6 rings (SSSR count). The van der Waals surface area contributed by atoms with Gasteiger partial charge in [0, 0.05) is 56.4 Å². The Morgan fingerprint density at radius 2 is 1.33 bits per heavy atom. The number of nitrogens with zero attached hydrogens (tertiary/aromatic N) is 5. The molecule has 0 spiro atoms. The van der Waals surface area contributed by atoms with Crippen molar-refractivity contribution in [3.05, 3.63) is 131 Å². The van der Waals surface area contributed by atoms with E-state index in [0.717, 1.165) is 68.8 Å². The van der Waals surface area contributed by atoms with Gasteiger partial charge in [0.25, 0.3) is 0 Å². The van der Waals surface area contributed by atoms with Gasteiger partial charge in [-0.25, -0.2) is 14.3 Å². The van der Waals surface area contributed by atoms with Gasteiger partial charge in [-0.3, -0.25) is 9.80 Å². The van der Waals surface area contributed by atoms with Crippen LogP contribution in [0.1, 0.15) is 77.7 Å². The van der Waals surface area contributed by atoms with Gasteiger partial charge in [-0.2, -0.15) is 0 Å². The van der Waals surface area contributed by atoms with Crippen LogP contribution in [0.25, 0.3) is 12.2 Å². The standard InChI is InChI=1S/C25H28N4O2.C18H21NO2/c1-31-25(30)14-11-20-9-12-22(13-10-20)24-8-5-16-28(24)17-15-23-19-29(27-26-23)18-21-6-3-2-4-7-21;1-3-4-13-19-14-5-6-17(19)16-10-7-15(8-11-16)9-12-18(20)21-2/h2-4,6-7,9-14,19,24H,5,8,15-18H2,1H3;1,7-12,17H,4-6,13-14H2,2H3/b14-11+;12-9+. The first-order chi connectivity index (χ1) is 25.4. The average Bonchev–Trinajstić information content (AvgIpc) is 3.97. The van der Waals surface area contributed by atoms with Gasteiger partial charge in [-0.1, -0.05) is 84.1 Å². The van der Waals surface area contributed by atoms with Crippen molar-refractivity contribution in [2.45, 2.75) is 57.2 Å². The number of rotatable bonds is 13. The lowest BCUT2D eigenvalue weighted by Crippen LogP contribution is -2.25.